The monoisotopic (exact) mass is 351 g/mol. The van der Waals surface area contributed by atoms with E-state index >= 15 is 0 Å². The molecule has 3 aromatic rings. The summed E-state index contributed by atoms with van der Waals surface area (Å²) in [4.78, 5) is 14.4. The summed E-state index contributed by atoms with van der Waals surface area (Å²) in [5, 5.41) is 13.8. The zero-order valence-corrected chi connectivity index (χ0v) is 15.7. The highest BCUT2D eigenvalue weighted by Gasteiger charge is 2.15. The van der Waals surface area contributed by atoms with Gasteiger partial charge in [0.2, 0.25) is 0 Å². The molecule has 136 valence electrons. The van der Waals surface area contributed by atoms with Crippen molar-refractivity contribution in [1.82, 2.24) is 14.8 Å². The lowest BCUT2D eigenvalue weighted by Gasteiger charge is -2.07. The number of aromatic nitrogens is 3. The number of carboxylic acid groups (broad SMARTS) is 1. The summed E-state index contributed by atoms with van der Waals surface area (Å²) < 4.78 is 1.99. The van der Waals surface area contributed by atoms with Crippen molar-refractivity contribution < 1.29 is 9.90 Å². The zero-order valence-electron chi connectivity index (χ0n) is 15.7. The third-order valence-electron chi connectivity index (χ3n) is 4.35. The van der Waals surface area contributed by atoms with E-state index in [1.807, 2.05) is 28.9 Å². The number of hydrogen-bond acceptors (Lipinski definition) is 2. The van der Waals surface area contributed by atoms with Gasteiger partial charge in [0.05, 0.1) is 11.3 Å². The van der Waals surface area contributed by atoms with Gasteiger partial charge in [-0.05, 0) is 54.2 Å². The van der Waals surface area contributed by atoms with Gasteiger partial charge in [0.15, 0.2) is 0 Å². The van der Waals surface area contributed by atoms with Gasteiger partial charge >= 0.3 is 5.97 Å². The van der Waals surface area contributed by atoms with Crippen LogP contribution in [0, 0.1) is 5.92 Å². The largest absolute Gasteiger partial charge is 0.478 e. The molecular weight excluding hydrogens is 326 g/mol. The quantitative estimate of drug-likeness (QED) is 0.664. The van der Waals surface area contributed by atoms with Crippen molar-refractivity contribution in [3.63, 3.8) is 0 Å². The molecule has 0 radical (unpaired) electrons. The first kappa shape index (κ1) is 18.0. The average Bonchev–Trinajstić information content (AvgIpc) is 3.21. The van der Waals surface area contributed by atoms with E-state index in [0.717, 1.165) is 29.2 Å². The van der Waals surface area contributed by atoms with Gasteiger partial charge < -0.3 is 10.1 Å². The third kappa shape index (κ3) is 3.72. The molecule has 2 aromatic heterocycles. The van der Waals surface area contributed by atoms with Crippen molar-refractivity contribution in [3.8, 4) is 17.1 Å². The highest BCUT2D eigenvalue weighted by Crippen LogP contribution is 2.24. The lowest BCUT2D eigenvalue weighted by Crippen LogP contribution is -2.06. The first-order valence-electron chi connectivity index (χ1n) is 8.97. The molecule has 1 aromatic carbocycles. The Balaban J connectivity index is 1.95. The fourth-order valence-corrected chi connectivity index (χ4v) is 2.96. The molecule has 0 unspecified atom stereocenters. The number of nitrogens with one attached hydrogen (secondary N) is 1. The van der Waals surface area contributed by atoms with E-state index in [1.54, 1.807) is 12.1 Å². The number of benzene rings is 1. The predicted molar refractivity (Wildman–Crippen MR) is 103 cm³/mol. The molecule has 5 heteroatoms. The van der Waals surface area contributed by atoms with E-state index in [2.05, 4.69) is 38.7 Å². The van der Waals surface area contributed by atoms with Crippen LogP contribution in [-0.2, 0) is 6.42 Å². The van der Waals surface area contributed by atoms with Crippen molar-refractivity contribution in [1.29, 1.82) is 0 Å². The molecule has 0 bridgehead atoms. The molecule has 3 rings (SSSR count). The van der Waals surface area contributed by atoms with E-state index in [9.17, 15) is 4.79 Å². The lowest BCUT2D eigenvalue weighted by molar-refractivity contribution is 0.0697. The van der Waals surface area contributed by atoms with Crippen molar-refractivity contribution in [2.75, 3.05) is 0 Å². The van der Waals surface area contributed by atoms with Gasteiger partial charge in [0.25, 0.3) is 0 Å². The maximum absolute atomic E-state index is 11.0. The summed E-state index contributed by atoms with van der Waals surface area (Å²) >= 11 is 0. The molecule has 0 aliphatic rings. The van der Waals surface area contributed by atoms with Crippen molar-refractivity contribution in [3.05, 3.63) is 59.4 Å². The molecular formula is C21H25N3O2. The number of hydrogen-bond donors (Lipinski definition) is 2. The van der Waals surface area contributed by atoms with E-state index in [4.69, 9.17) is 10.2 Å². The lowest BCUT2D eigenvalue weighted by atomic mass is 10.1. The van der Waals surface area contributed by atoms with Crippen LogP contribution in [0.4, 0.5) is 0 Å². The van der Waals surface area contributed by atoms with Gasteiger partial charge in [0, 0.05) is 11.4 Å². The second-order valence-electron chi connectivity index (χ2n) is 7.36. The Bertz CT molecular complexity index is 902. The van der Waals surface area contributed by atoms with Crippen molar-refractivity contribution in [2.24, 2.45) is 5.92 Å². The van der Waals surface area contributed by atoms with Gasteiger partial charge in [-0.2, -0.15) is 5.10 Å². The van der Waals surface area contributed by atoms with E-state index < -0.39 is 5.97 Å². The normalized spacial score (nSPS) is 11.5. The fourth-order valence-electron chi connectivity index (χ4n) is 2.96. The van der Waals surface area contributed by atoms with Crippen molar-refractivity contribution in [2.45, 2.75) is 40.0 Å². The number of carbonyl (C=O) groups is 1. The first-order valence-corrected chi connectivity index (χ1v) is 8.97. The minimum atomic E-state index is -0.917. The first-order chi connectivity index (χ1) is 12.3. The van der Waals surface area contributed by atoms with Crippen LogP contribution in [0.3, 0.4) is 0 Å². The van der Waals surface area contributed by atoms with E-state index in [-0.39, 0.29) is 5.56 Å². The van der Waals surface area contributed by atoms with Gasteiger partial charge in [-0.15, -0.1) is 0 Å². The molecule has 0 saturated heterocycles. The Morgan fingerprint density at radius 1 is 1.12 bits per heavy atom. The van der Waals surface area contributed by atoms with Crippen LogP contribution in [-0.4, -0.2) is 25.8 Å². The number of aromatic carboxylic acids is 1. The number of aromatic amines is 1. The molecule has 0 spiro atoms. The van der Waals surface area contributed by atoms with Crippen LogP contribution in [0.25, 0.3) is 17.1 Å². The highest BCUT2D eigenvalue weighted by molar-refractivity contribution is 5.88. The molecule has 26 heavy (non-hydrogen) atoms. The van der Waals surface area contributed by atoms with Crippen LogP contribution >= 0.6 is 0 Å². The van der Waals surface area contributed by atoms with Crippen LogP contribution in [0.2, 0.25) is 0 Å². The van der Waals surface area contributed by atoms with E-state index in [1.165, 1.54) is 5.69 Å². The van der Waals surface area contributed by atoms with Gasteiger partial charge in [-0.25, -0.2) is 9.48 Å². The highest BCUT2D eigenvalue weighted by atomic mass is 16.4. The second kappa shape index (κ2) is 7.20. The minimum absolute atomic E-state index is 0.286. The smallest absolute Gasteiger partial charge is 0.335 e. The van der Waals surface area contributed by atoms with Crippen LogP contribution < -0.4 is 0 Å². The summed E-state index contributed by atoms with van der Waals surface area (Å²) in [6.07, 6.45) is 0.960. The van der Waals surface area contributed by atoms with E-state index in [0.29, 0.717) is 11.8 Å². The molecule has 0 atom stereocenters. The molecule has 0 aliphatic heterocycles. The van der Waals surface area contributed by atoms with Gasteiger partial charge in [0.1, 0.15) is 5.82 Å². The molecule has 0 fully saturated rings. The van der Waals surface area contributed by atoms with Gasteiger partial charge in [-0.3, -0.25) is 0 Å². The Hall–Kier alpha value is -2.82. The zero-order chi connectivity index (χ0) is 18.8. The Morgan fingerprint density at radius 2 is 1.81 bits per heavy atom. The number of H-pyrrole nitrogens is 1. The summed E-state index contributed by atoms with van der Waals surface area (Å²) in [6, 6.07) is 13.1. The third-order valence-corrected chi connectivity index (χ3v) is 4.35. The summed E-state index contributed by atoms with van der Waals surface area (Å²) in [6.45, 7) is 8.71. The minimum Gasteiger partial charge on any atom is -0.478 e. The molecule has 2 heterocycles. The molecule has 0 amide bonds. The molecule has 5 nitrogen and oxygen atoms in total. The number of carboxylic acids is 1. The number of rotatable bonds is 6. The van der Waals surface area contributed by atoms with Crippen LogP contribution in [0.5, 0.6) is 0 Å². The standard InChI is InChI=1S/C21H25N3O2/c1-13(2)11-17-12-19(14(3)4)23-24(17)20-10-9-18(22-20)15-5-7-16(8-6-15)21(25)26/h5-10,12-14,22H,11H2,1-4H3,(H,25,26). The number of nitrogens with zero attached hydrogens (tertiary/aromatic N) is 2. The Morgan fingerprint density at radius 3 is 2.38 bits per heavy atom. The average molecular weight is 351 g/mol. The Labute approximate surface area is 153 Å². The second-order valence-corrected chi connectivity index (χ2v) is 7.36. The summed E-state index contributed by atoms with van der Waals surface area (Å²) in [7, 11) is 0. The topological polar surface area (TPSA) is 70.9 Å². The predicted octanol–water partition coefficient (Wildman–Crippen LogP) is 4.89. The summed E-state index contributed by atoms with van der Waals surface area (Å²) in [5.41, 5.74) is 4.45. The molecule has 0 saturated carbocycles. The SMILES string of the molecule is CC(C)Cc1cc(C(C)C)nn1-c1ccc(-c2ccc(C(=O)O)cc2)[nH]1. The maximum Gasteiger partial charge on any atom is 0.335 e. The van der Waals surface area contributed by atoms with Crippen LogP contribution in [0.15, 0.2) is 42.5 Å². The Kier molecular flexibility index (Phi) is 4.98. The van der Waals surface area contributed by atoms with Crippen LogP contribution in [0.1, 0.15) is 55.4 Å². The summed E-state index contributed by atoms with van der Waals surface area (Å²) in [5.74, 6) is 0.924. The fraction of sp³-hybridized carbons (Fsp3) is 0.333. The van der Waals surface area contributed by atoms with Gasteiger partial charge in [-0.1, -0.05) is 39.8 Å². The maximum atomic E-state index is 11.0. The molecule has 0 aliphatic carbocycles. The molecule has 2 N–H and O–H groups in total. The van der Waals surface area contributed by atoms with Crippen molar-refractivity contribution >= 4 is 5.97 Å².